The van der Waals surface area contributed by atoms with E-state index in [1.807, 2.05) is 0 Å². The molecule has 1 aromatic carbocycles. The Morgan fingerprint density at radius 2 is 1.92 bits per heavy atom. The minimum absolute atomic E-state index is 0.0493. The predicted octanol–water partition coefficient (Wildman–Crippen LogP) is 1.80. The van der Waals surface area contributed by atoms with E-state index >= 15 is 0 Å². The van der Waals surface area contributed by atoms with Crippen LogP contribution in [-0.2, 0) is 0 Å². The molecule has 3 N–H and O–H groups in total. The number of rotatable bonds is 1. The second-order valence-corrected chi connectivity index (χ2v) is 2.96. The number of nitrogens with two attached hydrogens (primary N) is 1. The summed E-state index contributed by atoms with van der Waals surface area (Å²) < 4.78 is 0. The van der Waals surface area contributed by atoms with E-state index < -0.39 is 5.91 Å². The van der Waals surface area contributed by atoms with E-state index in [1.54, 1.807) is 0 Å². The summed E-state index contributed by atoms with van der Waals surface area (Å²) >= 11 is 11.1. The Labute approximate surface area is 78.7 Å². The lowest BCUT2D eigenvalue weighted by Gasteiger charge is -2.01. The van der Waals surface area contributed by atoms with Crippen molar-refractivity contribution in [3.8, 4) is 5.75 Å². The third-order valence-corrected chi connectivity index (χ3v) is 1.92. The van der Waals surface area contributed by atoms with Gasteiger partial charge in [0.05, 0.1) is 15.6 Å². The largest absolute Gasteiger partial charge is 0.506 e. The Morgan fingerprint density at radius 3 is 2.42 bits per heavy atom. The molecule has 0 bridgehead atoms. The molecule has 0 heterocycles. The zero-order valence-electron chi connectivity index (χ0n) is 5.84. The zero-order valence-corrected chi connectivity index (χ0v) is 7.36. The minimum atomic E-state index is -0.679. The molecule has 1 aromatic rings. The van der Waals surface area contributed by atoms with Crippen LogP contribution in [0.15, 0.2) is 12.1 Å². The summed E-state index contributed by atoms with van der Waals surface area (Å²) in [4.78, 5) is 10.7. The summed E-state index contributed by atoms with van der Waals surface area (Å²) in [6.45, 7) is 0. The normalized spacial score (nSPS) is 9.83. The van der Waals surface area contributed by atoms with Crippen molar-refractivity contribution in [1.29, 1.82) is 0 Å². The van der Waals surface area contributed by atoms with E-state index in [-0.39, 0.29) is 21.4 Å². The average Bonchev–Trinajstić information content (AvgIpc) is 1.96. The van der Waals surface area contributed by atoms with Gasteiger partial charge in [0.2, 0.25) is 5.91 Å². The first-order chi connectivity index (χ1) is 5.52. The molecule has 1 amide bonds. The van der Waals surface area contributed by atoms with Crippen molar-refractivity contribution in [2.45, 2.75) is 0 Å². The van der Waals surface area contributed by atoms with E-state index in [1.165, 1.54) is 12.1 Å². The van der Waals surface area contributed by atoms with Crippen LogP contribution in [0.1, 0.15) is 10.4 Å². The standard InChI is InChI=1S/C7H5Cl2NO2/c8-4-2-6(11)5(9)1-3(4)7(10)12/h1-2,11H,(H2,10,12). The number of phenols is 1. The van der Waals surface area contributed by atoms with Gasteiger partial charge in [-0.15, -0.1) is 0 Å². The molecular formula is C7H5Cl2NO2. The Balaban J connectivity index is 3.33. The molecular weight excluding hydrogens is 201 g/mol. The lowest BCUT2D eigenvalue weighted by atomic mass is 10.2. The van der Waals surface area contributed by atoms with Gasteiger partial charge in [0.15, 0.2) is 0 Å². The van der Waals surface area contributed by atoms with Gasteiger partial charge in [-0.3, -0.25) is 4.79 Å². The molecule has 0 aliphatic heterocycles. The molecule has 0 aromatic heterocycles. The molecule has 0 atom stereocenters. The molecule has 64 valence electrons. The maximum absolute atomic E-state index is 10.7. The van der Waals surface area contributed by atoms with Gasteiger partial charge < -0.3 is 10.8 Å². The number of benzene rings is 1. The molecule has 0 saturated carbocycles. The highest BCUT2D eigenvalue weighted by Gasteiger charge is 2.10. The fourth-order valence-corrected chi connectivity index (χ4v) is 1.14. The van der Waals surface area contributed by atoms with Crippen LogP contribution in [0.5, 0.6) is 5.75 Å². The van der Waals surface area contributed by atoms with Crippen molar-refractivity contribution in [1.82, 2.24) is 0 Å². The molecule has 1 rings (SSSR count). The van der Waals surface area contributed by atoms with E-state index in [4.69, 9.17) is 34.0 Å². The highest BCUT2D eigenvalue weighted by atomic mass is 35.5. The molecule has 0 aliphatic carbocycles. The van der Waals surface area contributed by atoms with Gasteiger partial charge >= 0.3 is 0 Å². The SMILES string of the molecule is NC(=O)c1cc(Cl)c(O)cc1Cl. The highest BCUT2D eigenvalue weighted by molar-refractivity contribution is 6.36. The third-order valence-electron chi connectivity index (χ3n) is 1.30. The molecule has 0 aliphatic rings. The van der Waals surface area contributed by atoms with Gasteiger partial charge in [-0.2, -0.15) is 0 Å². The number of hydrogen-bond acceptors (Lipinski definition) is 2. The third kappa shape index (κ3) is 1.62. The van der Waals surface area contributed by atoms with Gasteiger partial charge in [0.1, 0.15) is 5.75 Å². The van der Waals surface area contributed by atoms with Crippen LogP contribution in [-0.4, -0.2) is 11.0 Å². The van der Waals surface area contributed by atoms with Gasteiger partial charge in [-0.05, 0) is 6.07 Å². The van der Waals surface area contributed by atoms with Crippen molar-refractivity contribution in [3.63, 3.8) is 0 Å². The summed E-state index contributed by atoms with van der Waals surface area (Å²) in [5.41, 5.74) is 5.07. The fraction of sp³-hybridized carbons (Fsp3) is 0. The minimum Gasteiger partial charge on any atom is -0.506 e. The van der Waals surface area contributed by atoms with Crippen LogP contribution < -0.4 is 5.73 Å². The molecule has 3 nitrogen and oxygen atoms in total. The van der Waals surface area contributed by atoms with Crippen LogP contribution in [0.4, 0.5) is 0 Å². The Kier molecular flexibility index (Phi) is 2.45. The van der Waals surface area contributed by atoms with Crippen molar-refractivity contribution in [3.05, 3.63) is 27.7 Å². The number of primary amides is 1. The second-order valence-electron chi connectivity index (χ2n) is 2.15. The van der Waals surface area contributed by atoms with Crippen LogP contribution in [0.25, 0.3) is 0 Å². The Hall–Kier alpha value is -0.930. The molecule has 5 heteroatoms. The Morgan fingerprint density at radius 1 is 1.33 bits per heavy atom. The van der Waals surface area contributed by atoms with Crippen LogP contribution in [0.3, 0.4) is 0 Å². The molecule has 0 saturated heterocycles. The van der Waals surface area contributed by atoms with E-state index in [2.05, 4.69) is 0 Å². The maximum atomic E-state index is 10.7. The topological polar surface area (TPSA) is 63.3 Å². The Bertz CT molecular complexity index is 338. The number of halogens is 2. The molecule has 12 heavy (non-hydrogen) atoms. The number of carbonyl (C=O) groups is 1. The number of amides is 1. The lowest BCUT2D eigenvalue weighted by Crippen LogP contribution is -2.11. The first kappa shape index (κ1) is 9.16. The average molecular weight is 206 g/mol. The van der Waals surface area contributed by atoms with Crippen molar-refractivity contribution in [2.75, 3.05) is 0 Å². The summed E-state index contributed by atoms with van der Waals surface area (Å²) in [7, 11) is 0. The van der Waals surface area contributed by atoms with Gasteiger partial charge in [0, 0.05) is 6.07 Å². The van der Waals surface area contributed by atoms with Gasteiger partial charge in [-0.25, -0.2) is 0 Å². The van der Waals surface area contributed by atoms with Crippen LogP contribution >= 0.6 is 23.2 Å². The monoisotopic (exact) mass is 205 g/mol. The zero-order chi connectivity index (χ0) is 9.30. The fourth-order valence-electron chi connectivity index (χ4n) is 0.725. The molecule has 0 unspecified atom stereocenters. The predicted molar refractivity (Wildman–Crippen MR) is 46.6 cm³/mol. The highest BCUT2D eigenvalue weighted by Crippen LogP contribution is 2.29. The number of phenolic OH excluding ortho intramolecular Hbond substituents is 1. The maximum Gasteiger partial charge on any atom is 0.250 e. The van der Waals surface area contributed by atoms with Crippen molar-refractivity contribution < 1.29 is 9.90 Å². The van der Waals surface area contributed by atoms with E-state index in [9.17, 15) is 4.79 Å². The molecule has 0 fully saturated rings. The summed E-state index contributed by atoms with van der Waals surface area (Å²) in [6.07, 6.45) is 0. The summed E-state index contributed by atoms with van der Waals surface area (Å²) in [5, 5.41) is 9.17. The molecule has 0 spiro atoms. The first-order valence-electron chi connectivity index (χ1n) is 3.00. The number of aromatic hydroxyl groups is 1. The summed E-state index contributed by atoms with van der Waals surface area (Å²) in [5.74, 6) is -0.853. The smallest absolute Gasteiger partial charge is 0.250 e. The lowest BCUT2D eigenvalue weighted by molar-refractivity contribution is 0.100. The number of carbonyl (C=O) groups excluding carboxylic acids is 1. The van der Waals surface area contributed by atoms with Crippen LogP contribution in [0.2, 0.25) is 10.0 Å². The summed E-state index contributed by atoms with van der Waals surface area (Å²) in [6, 6.07) is 2.39. The first-order valence-corrected chi connectivity index (χ1v) is 3.76. The van der Waals surface area contributed by atoms with Crippen molar-refractivity contribution in [2.24, 2.45) is 5.73 Å². The second kappa shape index (κ2) is 3.21. The van der Waals surface area contributed by atoms with Gasteiger partial charge in [0.25, 0.3) is 0 Å². The van der Waals surface area contributed by atoms with Crippen molar-refractivity contribution >= 4 is 29.1 Å². The molecule has 0 radical (unpaired) electrons. The van der Waals surface area contributed by atoms with E-state index in [0.717, 1.165) is 0 Å². The van der Waals surface area contributed by atoms with Crippen LogP contribution in [0, 0.1) is 0 Å². The van der Waals surface area contributed by atoms with Gasteiger partial charge in [-0.1, -0.05) is 23.2 Å². The quantitative estimate of drug-likeness (QED) is 0.735. The van der Waals surface area contributed by atoms with E-state index in [0.29, 0.717) is 0 Å². The number of hydrogen-bond donors (Lipinski definition) is 2.